The van der Waals surface area contributed by atoms with Crippen molar-refractivity contribution in [1.82, 2.24) is 0 Å². The highest BCUT2D eigenvalue weighted by molar-refractivity contribution is 5.06. The maximum absolute atomic E-state index is 10.2. The van der Waals surface area contributed by atoms with Gasteiger partial charge in [0, 0.05) is 26.1 Å². The predicted molar refractivity (Wildman–Crippen MR) is 102 cm³/mol. The van der Waals surface area contributed by atoms with Crippen LogP contribution in [0.4, 0.5) is 0 Å². The van der Waals surface area contributed by atoms with E-state index in [-0.39, 0.29) is 11.8 Å². The topological polar surface area (TPSA) is 69.9 Å². The first-order chi connectivity index (χ1) is 12.1. The van der Waals surface area contributed by atoms with Gasteiger partial charge in [0.05, 0.1) is 18.3 Å². The van der Waals surface area contributed by atoms with E-state index in [4.69, 9.17) is 4.74 Å². The van der Waals surface area contributed by atoms with Crippen LogP contribution in [0.1, 0.15) is 64.7 Å². The number of rotatable bonds is 13. The number of hydrogen-bond acceptors (Lipinski definition) is 4. The van der Waals surface area contributed by atoms with Crippen LogP contribution in [-0.4, -0.2) is 47.3 Å². The van der Waals surface area contributed by atoms with Crippen LogP contribution in [0.5, 0.6) is 0 Å². The Morgan fingerprint density at radius 2 is 1.88 bits per heavy atom. The van der Waals surface area contributed by atoms with Gasteiger partial charge in [-0.25, -0.2) is 0 Å². The second-order valence-corrected chi connectivity index (χ2v) is 7.26. The zero-order valence-electron chi connectivity index (χ0n) is 16.0. The van der Waals surface area contributed by atoms with Crippen LogP contribution in [0, 0.1) is 11.8 Å². The Hall–Kier alpha value is -0.680. The third-order valence-electron chi connectivity index (χ3n) is 5.12. The van der Waals surface area contributed by atoms with Crippen molar-refractivity contribution in [2.75, 3.05) is 13.7 Å². The van der Waals surface area contributed by atoms with E-state index in [1.807, 2.05) is 12.2 Å². The average molecular weight is 355 g/mol. The van der Waals surface area contributed by atoms with Crippen molar-refractivity contribution in [1.29, 1.82) is 0 Å². The molecular formula is C21H38O4. The number of hydrogen-bond donors (Lipinski definition) is 3. The van der Waals surface area contributed by atoms with E-state index in [9.17, 15) is 15.3 Å². The van der Waals surface area contributed by atoms with Gasteiger partial charge in [-0.15, -0.1) is 0 Å². The fourth-order valence-electron chi connectivity index (χ4n) is 3.54. The molecule has 146 valence electrons. The fraction of sp³-hybridized carbons (Fsp3) is 0.810. The highest BCUT2D eigenvalue weighted by atomic mass is 16.5. The summed E-state index contributed by atoms with van der Waals surface area (Å²) in [5.41, 5.74) is 0. The van der Waals surface area contributed by atoms with Crippen LogP contribution in [0.2, 0.25) is 0 Å². The Kier molecular flexibility index (Phi) is 12.1. The summed E-state index contributed by atoms with van der Waals surface area (Å²) < 4.78 is 5.03. The zero-order chi connectivity index (χ0) is 18.5. The minimum absolute atomic E-state index is 0.0318. The molecule has 1 saturated carbocycles. The lowest BCUT2D eigenvalue weighted by Gasteiger charge is -2.19. The van der Waals surface area contributed by atoms with Crippen molar-refractivity contribution in [2.24, 2.45) is 11.8 Å². The van der Waals surface area contributed by atoms with E-state index in [1.54, 1.807) is 7.11 Å². The summed E-state index contributed by atoms with van der Waals surface area (Å²) in [6, 6.07) is 0. The van der Waals surface area contributed by atoms with Gasteiger partial charge in [0.1, 0.15) is 0 Å². The number of methoxy groups -OCH3 is 1. The molecule has 1 aliphatic rings. The standard InChI is InChI=1S/C21H38O4/c1-3-4-8-11-17(22)13-14-19-18(20(23)16-21(19)24)12-9-6-5-7-10-15-25-2/h6,9,13-14,17-24H,3-5,7-8,10-12,15-16H2,1-2H3/b9-6-,14-13+/t17-,18+,19+,20-,21+/m0/s1. The van der Waals surface area contributed by atoms with E-state index in [2.05, 4.69) is 19.1 Å². The Morgan fingerprint density at radius 1 is 1.08 bits per heavy atom. The van der Waals surface area contributed by atoms with Gasteiger partial charge in [-0.05, 0) is 38.0 Å². The predicted octanol–water partition coefficient (Wildman–Crippen LogP) is 3.60. The second-order valence-electron chi connectivity index (χ2n) is 7.26. The van der Waals surface area contributed by atoms with Gasteiger partial charge in [-0.1, -0.05) is 50.5 Å². The van der Waals surface area contributed by atoms with Gasteiger partial charge in [0.15, 0.2) is 0 Å². The molecule has 0 aromatic heterocycles. The summed E-state index contributed by atoms with van der Waals surface area (Å²) in [6.07, 6.45) is 15.0. The monoisotopic (exact) mass is 354 g/mol. The van der Waals surface area contributed by atoms with Crippen LogP contribution in [0.3, 0.4) is 0 Å². The van der Waals surface area contributed by atoms with Crippen LogP contribution >= 0.6 is 0 Å². The molecule has 0 radical (unpaired) electrons. The van der Waals surface area contributed by atoms with Crippen molar-refractivity contribution < 1.29 is 20.1 Å². The molecular weight excluding hydrogens is 316 g/mol. The van der Waals surface area contributed by atoms with Gasteiger partial charge in [0.2, 0.25) is 0 Å². The van der Waals surface area contributed by atoms with Crippen molar-refractivity contribution in [3.05, 3.63) is 24.3 Å². The quantitative estimate of drug-likeness (QED) is 0.349. The van der Waals surface area contributed by atoms with E-state index in [0.29, 0.717) is 6.42 Å². The molecule has 0 amide bonds. The van der Waals surface area contributed by atoms with Gasteiger partial charge in [-0.2, -0.15) is 0 Å². The minimum Gasteiger partial charge on any atom is -0.393 e. The Balaban J connectivity index is 2.42. The van der Waals surface area contributed by atoms with Crippen molar-refractivity contribution in [3.8, 4) is 0 Å². The van der Waals surface area contributed by atoms with Crippen LogP contribution in [0.25, 0.3) is 0 Å². The van der Waals surface area contributed by atoms with E-state index in [1.165, 1.54) is 0 Å². The zero-order valence-corrected chi connectivity index (χ0v) is 16.0. The summed E-state index contributed by atoms with van der Waals surface area (Å²) >= 11 is 0. The molecule has 0 aliphatic heterocycles. The highest BCUT2D eigenvalue weighted by Crippen LogP contribution is 2.36. The normalized spacial score (nSPS) is 28.4. The summed E-state index contributed by atoms with van der Waals surface area (Å²) in [5, 5.41) is 30.5. The number of unbranched alkanes of at least 4 members (excludes halogenated alkanes) is 4. The molecule has 25 heavy (non-hydrogen) atoms. The van der Waals surface area contributed by atoms with Crippen molar-refractivity contribution in [2.45, 2.75) is 83.0 Å². The highest BCUT2D eigenvalue weighted by Gasteiger charge is 2.39. The minimum atomic E-state index is -0.519. The van der Waals surface area contributed by atoms with Crippen molar-refractivity contribution >= 4 is 0 Å². The molecule has 0 aromatic rings. The molecule has 0 bridgehead atoms. The molecule has 0 unspecified atom stereocenters. The number of allylic oxidation sites excluding steroid dienone is 2. The van der Waals surface area contributed by atoms with Gasteiger partial charge < -0.3 is 20.1 Å². The van der Waals surface area contributed by atoms with Crippen molar-refractivity contribution in [3.63, 3.8) is 0 Å². The third-order valence-corrected chi connectivity index (χ3v) is 5.12. The molecule has 3 N–H and O–H groups in total. The summed E-state index contributed by atoms with van der Waals surface area (Å²) in [5.74, 6) is -0.0433. The first kappa shape index (κ1) is 22.4. The van der Waals surface area contributed by atoms with E-state index >= 15 is 0 Å². The average Bonchev–Trinajstić information content (AvgIpc) is 2.85. The molecule has 1 fully saturated rings. The molecule has 0 saturated heterocycles. The fourth-order valence-corrected chi connectivity index (χ4v) is 3.54. The number of aliphatic hydroxyl groups is 3. The SMILES string of the molecule is CCCCC[C@H](O)/C=C/[C@@H]1[C@@H](C/C=C\CCCCOC)[C@@H](O)C[C@H]1O. The maximum atomic E-state index is 10.2. The Bertz CT molecular complexity index is 380. The van der Waals surface area contributed by atoms with Crippen LogP contribution in [-0.2, 0) is 4.74 Å². The lowest BCUT2D eigenvalue weighted by Crippen LogP contribution is -2.20. The smallest absolute Gasteiger partial charge is 0.0721 e. The molecule has 1 aliphatic carbocycles. The Morgan fingerprint density at radius 3 is 2.60 bits per heavy atom. The maximum Gasteiger partial charge on any atom is 0.0721 e. The van der Waals surface area contributed by atoms with Gasteiger partial charge in [0.25, 0.3) is 0 Å². The van der Waals surface area contributed by atoms with Gasteiger partial charge >= 0.3 is 0 Å². The molecule has 4 heteroatoms. The molecule has 5 atom stereocenters. The van der Waals surface area contributed by atoms with Crippen LogP contribution < -0.4 is 0 Å². The molecule has 0 aromatic carbocycles. The molecule has 4 nitrogen and oxygen atoms in total. The second kappa shape index (κ2) is 13.5. The number of ether oxygens (including phenoxy) is 1. The summed E-state index contributed by atoms with van der Waals surface area (Å²) in [4.78, 5) is 0. The summed E-state index contributed by atoms with van der Waals surface area (Å²) in [7, 11) is 1.72. The largest absolute Gasteiger partial charge is 0.393 e. The molecule has 0 spiro atoms. The first-order valence-corrected chi connectivity index (χ1v) is 9.96. The Labute approximate surface area is 153 Å². The molecule has 1 rings (SSSR count). The van der Waals surface area contributed by atoms with E-state index < -0.39 is 18.3 Å². The third kappa shape index (κ3) is 9.00. The first-order valence-electron chi connectivity index (χ1n) is 9.96. The molecule has 0 heterocycles. The number of aliphatic hydroxyl groups excluding tert-OH is 3. The lowest BCUT2D eigenvalue weighted by atomic mass is 9.89. The van der Waals surface area contributed by atoms with Crippen LogP contribution in [0.15, 0.2) is 24.3 Å². The summed E-state index contributed by atoms with van der Waals surface area (Å²) in [6.45, 7) is 2.95. The van der Waals surface area contributed by atoms with Gasteiger partial charge in [-0.3, -0.25) is 0 Å². The lowest BCUT2D eigenvalue weighted by molar-refractivity contribution is 0.120. The van der Waals surface area contributed by atoms with E-state index in [0.717, 1.165) is 58.0 Å².